The SMILES string of the molecule is CSc1sc(=S)sc1SCCCCCCO. The number of hydrogen-bond donors (Lipinski definition) is 1. The van der Waals surface area contributed by atoms with Crippen LogP contribution in [0.4, 0.5) is 0 Å². The van der Waals surface area contributed by atoms with Gasteiger partial charge in [0.05, 0.1) is 8.42 Å². The van der Waals surface area contributed by atoms with Crippen LogP contribution in [0.5, 0.6) is 0 Å². The molecule has 0 radical (unpaired) electrons. The van der Waals surface area contributed by atoms with Crippen LogP contribution in [0.3, 0.4) is 0 Å². The van der Waals surface area contributed by atoms with Crippen molar-refractivity contribution < 1.29 is 5.11 Å². The quantitative estimate of drug-likeness (QED) is 0.418. The summed E-state index contributed by atoms with van der Waals surface area (Å²) in [6, 6.07) is 0. The van der Waals surface area contributed by atoms with Crippen molar-refractivity contribution in [3.8, 4) is 0 Å². The minimum Gasteiger partial charge on any atom is -0.396 e. The summed E-state index contributed by atoms with van der Waals surface area (Å²) in [4.78, 5) is 0. The van der Waals surface area contributed by atoms with Gasteiger partial charge in [-0.05, 0) is 24.9 Å². The van der Waals surface area contributed by atoms with E-state index in [9.17, 15) is 0 Å². The van der Waals surface area contributed by atoms with Crippen LogP contribution in [0.15, 0.2) is 8.42 Å². The summed E-state index contributed by atoms with van der Waals surface area (Å²) in [5.41, 5.74) is 0. The van der Waals surface area contributed by atoms with E-state index in [1.54, 1.807) is 34.4 Å². The summed E-state index contributed by atoms with van der Waals surface area (Å²) in [6.45, 7) is 0.329. The fourth-order valence-electron chi connectivity index (χ4n) is 1.20. The molecular formula is C10H16OS5. The number of rotatable bonds is 8. The van der Waals surface area contributed by atoms with Crippen molar-refractivity contribution in [2.24, 2.45) is 0 Å². The van der Waals surface area contributed by atoms with Gasteiger partial charge >= 0.3 is 0 Å². The first kappa shape index (κ1) is 15.0. The lowest BCUT2D eigenvalue weighted by Gasteiger charge is -2.00. The molecule has 0 spiro atoms. The van der Waals surface area contributed by atoms with E-state index in [1.807, 2.05) is 11.8 Å². The molecule has 0 fully saturated rings. The molecule has 1 N–H and O–H groups in total. The van der Waals surface area contributed by atoms with Gasteiger partial charge in [0.1, 0.15) is 3.14 Å². The average molecular weight is 313 g/mol. The van der Waals surface area contributed by atoms with Gasteiger partial charge in [0.25, 0.3) is 0 Å². The Balaban J connectivity index is 2.23. The summed E-state index contributed by atoms with van der Waals surface area (Å²) in [5.74, 6) is 1.17. The lowest BCUT2D eigenvalue weighted by Crippen LogP contribution is -1.84. The van der Waals surface area contributed by atoms with Crippen molar-refractivity contribution in [2.45, 2.75) is 34.1 Å². The van der Waals surface area contributed by atoms with Crippen molar-refractivity contribution in [1.29, 1.82) is 0 Å². The number of thioether (sulfide) groups is 2. The minimum atomic E-state index is 0.329. The van der Waals surface area contributed by atoms with Crippen molar-refractivity contribution in [1.82, 2.24) is 0 Å². The van der Waals surface area contributed by atoms with Crippen LogP contribution < -0.4 is 0 Å². The molecule has 0 aliphatic heterocycles. The van der Waals surface area contributed by atoms with E-state index >= 15 is 0 Å². The van der Waals surface area contributed by atoms with E-state index in [0.29, 0.717) is 6.61 Å². The van der Waals surface area contributed by atoms with Crippen LogP contribution in [-0.2, 0) is 0 Å². The van der Waals surface area contributed by atoms with Gasteiger partial charge in [0.2, 0.25) is 0 Å². The minimum absolute atomic E-state index is 0.329. The number of hydrogen-bond acceptors (Lipinski definition) is 6. The zero-order valence-corrected chi connectivity index (χ0v) is 13.3. The van der Waals surface area contributed by atoms with E-state index in [-0.39, 0.29) is 0 Å². The molecule has 0 unspecified atom stereocenters. The zero-order chi connectivity index (χ0) is 11.8. The first-order valence-electron chi connectivity index (χ1n) is 5.19. The normalized spacial score (nSPS) is 10.9. The van der Waals surface area contributed by atoms with Crippen molar-refractivity contribution >= 4 is 58.4 Å². The zero-order valence-electron chi connectivity index (χ0n) is 9.23. The average Bonchev–Trinajstić information content (AvgIpc) is 2.64. The molecule has 1 rings (SSSR count). The monoisotopic (exact) mass is 312 g/mol. The van der Waals surface area contributed by atoms with Gasteiger partial charge in [0.15, 0.2) is 0 Å². The lowest BCUT2D eigenvalue weighted by molar-refractivity contribution is 0.283. The first-order valence-corrected chi connectivity index (χ1v) is 9.44. The van der Waals surface area contributed by atoms with Crippen LogP contribution in [0.25, 0.3) is 0 Å². The Labute approximate surface area is 119 Å². The molecule has 0 amide bonds. The van der Waals surface area contributed by atoms with Crippen LogP contribution in [-0.4, -0.2) is 23.7 Å². The maximum absolute atomic E-state index is 8.66. The predicted octanol–water partition coefficient (Wildman–Crippen LogP) is 4.91. The van der Waals surface area contributed by atoms with Gasteiger partial charge in [0, 0.05) is 6.61 Å². The lowest BCUT2D eigenvalue weighted by atomic mass is 10.2. The molecule has 0 atom stereocenters. The summed E-state index contributed by atoms with van der Waals surface area (Å²) in [6.07, 6.45) is 6.65. The Morgan fingerprint density at radius 2 is 1.81 bits per heavy atom. The molecule has 0 bridgehead atoms. The third-order valence-electron chi connectivity index (χ3n) is 1.99. The Morgan fingerprint density at radius 1 is 1.12 bits per heavy atom. The molecule has 0 aliphatic carbocycles. The van der Waals surface area contributed by atoms with Crippen molar-refractivity contribution in [2.75, 3.05) is 18.6 Å². The maximum Gasteiger partial charge on any atom is 0.145 e. The molecule has 0 saturated carbocycles. The van der Waals surface area contributed by atoms with E-state index in [2.05, 4.69) is 6.26 Å². The third-order valence-corrected chi connectivity index (χ3v) is 7.51. The topological polar surface area (TPSA) is 20.2 Å². The Morgan fingerprint density at radius 3 is 2.50 bits per heavy atom. The van der Waals surface area contributed by atoms with E-state index < -0.39 is 0 Å². The molecule has 16 heavy (non-hydrogen) atoms. The molecule has 1 heterocycles. The largest absolute Gasteiger partial charge is 0.396 e. The highest BCUT2D eigenvalue weighted by Crippen LogP contribution is 2.39. The Kier molecular flexibility index (Phi) is 8.37. The van der Waals surface area contributed by atoms with Gasteiger partial charge in [-0.1, -0.05) is 25.1 Å². The number of aliphatic hydroxyl groups is 1. The second kappa shape index (κ2) is 8.94. The second-order valence-electron chi connectivity index (χ2n) is 3.22. The van der Waals surface area contributed by atoms with Gasteiger partial charge < -0.3 is 5.11 Å². The molecule has 0 aliphatic rings. The van der Waals surface area contributed by atoms with Crippen LogP contribution >= 0.6 is 58.4 Å². The van der Waals surface area contributed by atoms with E-state index in [4.69, 9.17) is 17.3 Å². The molecule has 1 nitrogen and oxygen atoms in total. The van der Waals surface area contributed by atoms with Crippen molar-refractivity contribution in [3.05, 3.63) is 3.14 Å². The molecule has 6 heteroatoms. The van der Waals surface area contributed by atoms with Gasteiger partial charge in [-0.3, -0.25) is 0 Å². The van der Waals surface area contributed by atoms with E-state index in [1.165, 1.54) is 27.0 Å². The molecule has 1 aromatic rings. The summed E-state index contributed by atoms with van der Waals surface area (Å²) in [5, 5.41) is 8.66. The second-order valence-corrected chi connectivity index (χ2v) is 8.88. The van der Waals surface area contributed by atoms with Gasteiger partial charge in [-0.15, -0.1) is 46.2 Å². The Hall–Kier alpha value is 0.930. The van der Waals surface area contributed by atoms with Crippen LogP contribution in [0.1, 0.15) is 25.7 Å². The summed E-state index contributed by atoms with van der Waals surface area (Å²) < 4.78 is 3.80. The van der Waals surface area contributed by atoms with Gasteiger partial charge in [-0.25, -0.2) is 0 Å². The third kappa shape index (κ3) is 5.51. The molecule has 0 saturated heterocycles. The first-order chi connectivity index (χ1) is 7.77. The smallest absolute Gasteiger partial charge is 0.145 e. The highest BCUT2D eigenvalue weighted by atomic mass is 32.2. The standard InChI is InChI=1S/C10H16OS5/c1-13-8-9(16-10(12)15-8)14-7-5-3-2-4-6-11/h11H,2-7H2,1H3. The highest BCUT2D eigenvalue weighted by Gasteiger charge is 2.06. The van der Waals surface area contributed by atoms with Crippen LogP contribution in [0, 0.1) is 3.14 Å². The van der Waals surface area contributed by atoms with Gasteiger partial charge in [-0.2, -0.15) is 0 Å². The van der Waals surface area contributed by atoms with Crippen LogP contribution in [0.2, 0.25) is 0 Å². The fourth-order valence-corrected chi connectivity index (χ4v) is 6.96. The maximum atomic E-state index is 8.66. The molecule has 1 aromatic heterocycles. The highest BCUT2D eigenvalue weighted by molar-refractivity contribution is 8.05. The van der Waals surface area contributed by atoms with E-state index in [0.717, 1.165) is 16.0 Å². The summed E-state index contributed by atoms with van der Waals surface area (Å²) in [7, 11) is 0. The fraction of sp³-hybridized carbons (Fsp3) is 0.700. The molecule has 0 aromatic carbocycles. The molecule has 92 valence electrons. The van der Waals surface area contributed by atoms with Crippen molar-refractivity contribution in [3.63, 3.8) is 0 Å². The Bertz CT molecular complexity index is 343. The predicted molar refractivity (Wildman–Crippen MR) is 81.1 cm³/mol. The summed E-state index contributed by atoms with van der Waals surface area (Å²) >= 11 is 12.4. The number of aliphatic hydroxyl groups excluding tert-OH is 1. The molecular weight excluding hydrogens is 296 g/mol. The number of unbranched alkanes of at least 4 members (excludes halogenated alkanes) is 3.